The Hall–Kier alpha value is -1.95. The Morgan fingerprint density at radius 2 is 1.51 bits per heavy atom. The van der Waals surface area contributed by atoms with Crippen molar-refractivity contribution >= 4 is 8.78 Å². The molecule has 0 saturated heterocycles. The smallest absolute Gasteiger partial charge is 1.00 e. The molecule has 262 valence electrons. The van der Waals surface area contributed by atoms with Gasteiger partial charge in [-0.05, 0) is 46.0 Å². The molecule has 5 aliphatic carbocycles. The van der Waals surface area contributed by atoms with Gasteiger partial charge in [0.05, 0.1) is 0 Å². The third kappa shape index (κ3) is 6.64. The second kappa shape index (κ2) is 14.2. The predicted octanol–water partition coefficient (Wildman–Crippen LogP) is 9.86. The van der Waals surface area contributed by atoms with E-state index in [9.17, 15) is 0 Å². The molecule has 7 rings (SSSR count). The minimum absolute atomic E-state index is 0. The summed E-state index contributed by atoms with van der Waals surface area (Å²) in [5.41, 5.74) is 14.8. The fourth-order valence-electron chi connectivity index (χ4n) is 9.34. The van der Waals surface area contributed by atoms with Crippen molar-refractivity contribution in [3.05, 3.63) is 129 Å². The van der Waals surface area contributed by atoms with Crippen molar-refractivity contribution in [3.63, 3.8) is 0 Å². The minimum atomic E-state index is 0. The Balaban J connectivity index is 0.000000222. The van der Waals surface area contributed by atoms with Crippen molar-refractivity contribution in [2.24, 2.45) is 33.0 Å². The molecule has 49 heavy (non-hydrogen) atoms. The summed E-state index contributed by atoms with van der Waals surface area (Å²) in [6, 6.07) is 19.6. The second-order valence-corrected chi connectivity index (χ2v) is 19.5. The quantitative estimate of drug-likeness (QED) is 0.255. The zero-order valence-corrected chi connectivity index (χ0v) is 35.9. The fourth-order valence-corrected chi connectivity index (χ4v) is 9.75. The molecular weight excluding hydrogens is 691 g/mol. The zero-order valence-electron chi connectivity index (χ0n) is 32.7. The minimum Gasteiger partial charge on any atom is -1.00 e. The first-order valence-corrected chi connectivity index (χ1v) is 19.5. The van der Waals surface area contributed by atoms with Gasteiger partial charge in [0, 0.05) is 0 Å². The molecule has 0 radical (unpaired) electrons. The number of fused-ring (bicyclic) bond motifs is 6. The molecule has 0 amide bonds. The first-order valence-electron chi connectivity index (χ1n) is 18.2. The molecule has 1 fully saturated rings. The third-order valence-corrected chi connectivity index (χ3v) is 14.6. The van der Waals surface area contributed by atoms with Crippen molar-refractivity contribution in [1.82, 2.24) is 0 Å². The Labute approximate surface area is 321 Å². The van der Waals surface area contributed by atoms with Gasteiger partial charge in [-0.3, -0.25) is 6.08 Å². The van der Waals surface area contributed by atoms with Crippen LogP contribution in [0.15, 0.2) is 101 Å². The molecule has 0 aromatic heterocycles. The van der Waals surface area contributed by atoms with Gasteiger partial charge in [-0.1, -0.05) is 141 Å². The molecule has 0 aliphatic heterocycles. The van der Waals surface area contributed by atoms with Crippen LogP contribution < -0.4 is 12.4 Å². The van der Waals surface area contributed by atoms with Crippen molar-refractivity contribution < 1.29 is 36.6 Å². The van der Waals surface area contributed by atoms with Crippen molar-refractivity contribution in [3.8, 4) is 0 Å². The van der Waals surface area contributed by atoms with Gasteiger partial charge in [0.1, 0.15) is 0 Å². The van der Waals surface area contributed by atoms with Crippen LogP contribution >= 0.6 is 0 Å². The zero-order chi connectivity index (χ0) is 35.4. The van der Waals surface area contributed by atoms with E-state index in [2.05, 4.69) is 163 Å². The van der Waals surface area contributed by atoms with E-state index in [1.165, 1.54) is 68.1 Å². The monoisotopic (exact) mass is 749 g/mol. The largest absolute Gasteiger partial charge is 1.00 e. The molecule has 2 aromatic rings. The molecule has 5 aliphatic rings. The molecule has 0 nitrogen and oxygen atoms in total. The number of halogens is 1. The van der Waals surface area contributed by atoms with E-state index in [-0.39, 0.29) is 34.1 Å². The molecular formula is C47H60ClZr-3. The van der Waals surface area contributed by atoms with Crippen LogP contribution in [0.4, 0.5) is 0 Å². The van der Waals surface area contributed by atoms with Crippen LogP contribution in [0.25, 0.3) is 5.57 Å². The van der Waals surface area contributed by atoms with E-state index in [4.69, 9.17) is 0 Å². The second-order valence-electron chi connectivity index (χ2n) is 17.7. The molecule has 0 spiro atoms. The van der Waals surface area contributed by atoms with E-state index in [1.54, 1.807) is 28.2 Å². The Morgan fingerprint density at radius 1 is 0.898 bits per heavy atom. The van der Waals surface area contributed by atoms with Gasteiger partial charge in [-0.2, -0.15) is 16.7 Å². The summed E-state index contributed by atoms with van der Waals surface area (Å²) >= 11 is 1.51. The number of benzene rings is 2. The normalized spacial score (nSPS) is 25.1. The van der Waals surface area contributed by atoms with E-state index >= 15 is 0 Å². The maximum atomic E-state index is 3.30. The van der Waals surface area contributed by atoms with Gasteiger partial charge >= 0.3 is 70.3 Å². The number of hydrogen-bond donors (Lipinski definition) is 0. The first-order chi connectivity index (χ1) is 22.3. The van der Waals surface area contributed by atoms with Crippen molar-refractivity contribution in [2.75, 3.05) is 0 Å². The molecule has 1 saturated carbocycles. The van der Waals surface area contributed by atoms with E-state index in [0.29, 0.717) is 11.3 Å². The Morgan fingerprint density at radius 3 is 2.04 bits per heavy atom. The predicted molar refractivity (Wildman–Crippen MR) is 205 cm³/mol. The van der Waals surface area contributed by atoms with Gasteiger partial charge in [0.2, 0.25) is 0 Å². The van der Waals surface area contributed by atoms with Crippen molar-refractivity contribution in [2.45, 2.75) is 116 Å². The van der Waals surface area contributed by atoms with Gasteiger partial charge in [0.15, 0.2) is 0 Å². The van der Waals surface area contributed by atoms with Crippen molar-refractivity contribution in [1.29, 1.82) is 0 Å². The molecule has 2 aromatic carbocycles. The Bertz CT molecular complexity index is 1730. The van der Waals surface area contributed by atoms with Crippen LogP contribution in [0.1, 0.15) is 126 Å². The molecule has 0 N–H and O–H groups in total. The summed E-state index contributed by atoms with van der Waals surface area (Å²) in [6.07, 6.45) is 15.1. The standard InChI is InChI=1S/C29H37.C10H15.C8H8.ClH.Zr/c1-18-25-22-17-19-13-9-10-14-20(19)24(22)21-15-11-12-16-23(21)29(25,8)28(6,7)27(4,5)26(18,2)3;1-8-5-6-9(7-8)10(2,3)4;1-2-8-6-4-3-5-7-8;;/h9-11,13-15,23H,12,16-17H2,1-8H3;7H,6H2,1-4H3;3-7H,1H3;1H;/q2*-1;;;/p-1. The van der Waals surface area contributed by atoms with Crippen LogP contribution in [0.5, 0.6) is 0 Å². The molecule has 2 unspecified atom stereocenters. The van der Waals surface area contributed by atoms with Gasteiger partial charge in [0.25, 0.3) is 0 Å². The van der Waals surface area contributed by atoms with Crippen LogP contribution in [-0.4, -0.2) is 3.21 Å². The molecule has 2 atom stereocenters. The van der Waals surface area contributed by atoms with Crippen LogP contribution in [-0.2, 0) is 30.7 Å². The van der Waals surface area contributed by atoms with Crippen LogP contribution in [0, 0.1) is 45.0 Å². The summed E-state index contributed by atoms with van der Waals surface area (Å²) < 4.78 is 1.46. The number of allylic oxidation sites excluding steroid dienone is 10. The van der Waals surface area contributed by atoms with E-state index < -0.39 is 0 Å². The number of hydrogen-bond acceptors (Lipinski definition) is 0. The molecule has 0 bridgehead atoms. The SMILES string of the molecule is CC1=[C-]CC(C(C)(C)C)=C1.C[C-]1C2=C3Cc4ccccc4C3=C3C=CCCC3C2(C)C(C)(C)C(C)(C)C1(C)C.C[C](=[Zr])c1ccccc1.[Cl-]. The summed E-state index contributed by atoms with van der Waals surface area (Å²) in [7, 11) is 0. The van der Waals surface area contributed by atoms with Gasteiger partial charge in [-0.25, -0.2) is 17.6 Å². The molecule has 2 heteroatoms. The van der Waals surface area contributed by atoms with Gasteiger partial charge in [-0.15, -0.1) is 13.3 Å². The third-order valence-electron chi connectivity index (χ3n) is 13.9. The average molecular weight is 752 g/mol. The van der Waals surface area contributed by atoms with E-state index in [1.807, 2.05) is 6.07 Å². The van der Waals surface area contributed by atoms with Gasteiger partial charge < -0.3 is 12.4 Å². The van der Waals surface area contributed by atoms with Crippen LogP contribution in [0.3, 0.4) is 0 Å². The topological polar surface area (TPSA) is 0 Å². The Kier molecular flexibility index (Phi) is 11.6. The first kappa shape index (κ1) is 39.8. The van der Waals surface area contributed by atoms with Crippen LogP contribution in [0.2, 0.25) is 0 Å². The summed E-state index contributed by atoms with van der Waals surface area (Å²) in [5, 5.41) is 0. The average Bonchev–Trinajstić information content (AvgIpc) is 3.65. The fraction of sp³-hybridized carbons (Fsp3) is 0.489. The maximum Gasteiger partial charge on any atom is -1.00 e. The van der Waals surface area contributed by atoms with E-state index in [0.717, 1.165) is 12.8 Å². The molecule has 0 heterocycles. The summed E-state index contributed by atoms with van der Waals surface area (Å²) in [6.45, 7) is 31.3. The number of rotatable bonds is 1. The summed E-state index contributed by atoms with van der Waals surface area (Å²) in [5.74, 6) is 2.24. The maximum absolute atomic E-state index is 3.30. The summed E-state index contributed by atoms with van der Waals surface area (Å²) in [4.78, 5) is 0.